The topological polar surface area (TPSA) is 44.8 Å². The van der Waals surface area contributed by atoms with Crippen molar-refractivity contribution in [2.75, 3.05) is 20.3 Å². The molecule has 122 valence electrons. The maximum absolute atomic E-state index is 11.3. The van der Waals surface area contributed by atoms with Gasteiger partial charge in [-0.1, -0.05) is 30.3 Å². The van der Waals surface area contributed by atoms with Crippen molar-refractivity contribution in [3.8, 4) is 5.75 Å². The Morgan fingerprint density at radius 3 is 2.30 bits per heavy atom. The molecule has 2 aromatic carbocycles. The lowest BCUT2D eigenvalue weighted by atomic mass is 10.2. The van der Waals surface area contributed by atoms with E-state index in [0.29, 0.717) is 18.8 Å². The number of carbonyl (C=O) groups excluding carboxylic acids is 1. The highest BCUT2D eigenvalue weighted by Crippen LogP contribution is 2.13. The van der Waals surface area contributed by atoms with Crippen molar-refractivity contribution < 1.29 is 19.0 Å². The molecule has 2 rings (SSSR count). The van der Waals surface area contributed by atoms with E-state index in [1.807, 2.05) is 18.2 Å². The highest BCUT2D eigenvalue weighted by Gasteiger charge is 2.04. The first-order valence-corrected chi connectivity index (χ1v) is 7.72. The molecule has 0 atom stereocenters. The zero-order valence-corrected chi connectivity index (χ0v) is 13.4. The van der Waals surface area contributed by atoms with Gasteiger partial charge < -0.3 is 14.2 Å². The number of rotatable bonds is 9. The largest absolute Gasteiger partial charge is 0.494 e. The van der Waals surface area contributed by atoms with E-state index in [9.17, 15) is 4.79 Å². The zero-order valence-electron chi connectivity index (χ0n) is 13.4. The summed E-state index contributed by atoms with van der Waals surface area (Å²) in [6, 6.07) is 17.1. The first-order valence-electron chi connectivity index (χ1n) is 7.72. The van der Waals surface area contributed by atoms with Crippen LogP contribution in [-0.4, -0.2) is 26.3 Å². The van der Waals surface area contributed by atoms with Gasteiger partial charge in [0.25, 0.3) is 0 Å². The average Bonchev–Trinajstić information content (AvgIpc) is 2.61. The average molecular weight is 314 g/mol. The first-order chi connectivity index (χ1) is 11.3. The Balaban J connectivity index is 1.56. The van der Waals surface area contributed by atoms with Crippen LogP contribution in [0.5, 0.6) is 5.75 Å². The Morgan fingerprint density at radius 2 is 1.61 bits per heavy atom. The van der Waals surface area contributed by atoms with Gasteiger partial charge in [0.05, 0.1) is 25.9 Å². The van der Waals surface area contributed by atoms with Gasteiger partial charge in [-0.25, -0.2) is 4.79 Å². The number of hydrogen-bond acceptors (Lipinski definition) is 4. The summed E-state index contributed by atoms with van der Waals surface area (Å²) in [6.45, 7) is 2.00. The predicted octanol–water partition coefficient (Wildman–Crippen LogP) is 3.85. The van der Waals surface area contributed by atoms with Crippen LogP contribution in [0.2, 0.25) is 0 Å². The molecule has 4 nitrogen and oxygen atoms in total. The normalized spacial score (nSPS) is 10.3. The molecule has 0 aromatic heterocycles. The van der Waals surface area contributed by atoms with Crippen LogP contribution in [-0.2, 0) is 16.1 Å². The van der Waals surface area contributed by atoms with Gasteiger partial charge in [0.2, 0.25) is 0 Å². The molecule has 0 amide bonds. The molecule has 0 fully saturated rings. The fraction of sp³-hybridized carbons (Fsp3) is 0.316. The number of unbranched alkanes of at least 4 members (excludes halogenated alkanes) is 1. The van der Waals surface area contributed by atoms with Gasteiger partial charge in [0.1, 0.15) is 5.75 Å². The molecule has 0 N–H and O–H groups in total. The van der Waals surface area contributed by atoms with E-state index in [1.165, 1.54) is 12.7 Å². The molecule has 0 heterocycles. The van der Waals surface area contributed by atoms with Crippen molar-refractivity contribution in [1.29, 1.82) is 0 Å². The van der Waals surface area contributed by atoms with Crippen LogP contribution in [0.1, 0.15) is 28.8 Å². The van der Waals surface area contributed by atoms with Crippen molar-refractivity contribution in [1.82, 2.24) is 0 Å². The molecule has 0 saturated carbocycles. The summed E-state index contributed by atoms with van der Waals surface area (Å²) in [7, 11) is 1.37. The third-order valence-corrected chi connectivity index (χ3v) is 3.34. The molecule has 0 aliphatic carbocycles. The SMILES string of the molecule is COC(=O)c1ccc(OCCCCOCc2ccccc2)cc1. The van der Waals surface area contributed by atoms with E-state index in [1.54, 1.807) is 24.3 Å². The van der Waals surface area contributed by atoms with Gasteiger partial charge in [0.15, 0.2) is 0 Å². The van der Waals surface area contributed by atoms with Crippen LogP contribution in [0.3, 0.4) is 0 Å². The maximum Gasteiger partial charge on any atom is 0.337 e. The third-order valence-electron chi connectivity index (χ3n) is 3.34. The zero-order chi connectivity index (χ0) is 16.3. The molecule has 0 saturated heterocycles. The lowest BCUT2D eigenvalue weighted by molar-refractivity contribution is 0.0600. The van der Waals surface area contributed by atoms with Crippen molar-refractivity contribution >= 4 is 5.97 Å². The van der Waals surface area contributed by atoms with E-state index < -0.39 is 0 Å². The number of esters is 1. The molecule has 0 spiro atoms. The molecule has 0 radical (unpaired) electrons. The van der Waals surface area contributed by atoms with E-state index in [0.717, 1.165) is 25.2 Å². The lowest BCUT2D eigenvalue weighted by Gasteiger charge is -2.07. The monoisotopic (exact) mass is 314 g/mol. The van der Waals surface area contributed by atoms with Crippen molar-refractivity contribution in [3.63, 3.8) is 0 Å². The molecule has 0 unspecified atom stereocenters. The van der Waals surface area contributed by atoms with E-state index in [2.05, 4.69) is 16.9 Å². The molecule has 0 aliphatic rings. The van der Waals surface area contributed by atoms with Gasteiger partial charge in [-0.05, 0) is 42.7 Å². The van der Waals surface area contributed by atoms with Crippen LogP contribution in [0.15, 0.2) is 54.6 Å². The second-order valence-corrected chi connectivity index (χ2v) is 5.11. The Hall–Kier alpha value is -2.33. The maximum atomic E-state index is 11.3. The van der Waals surface area contributed by atoms with Crippen LogP contribution in [0.25, 0.3) is 0 Å². The lowest BCUT2D eigenvalue weighted by Crippen LogP contribution is -2.03. The quantitative estimate of drug-likeness (QED) is 0.521. The summed E-state index contributed by atoms with van der Waals surface area (Å²) >= 11 is 0. The van der Waals surface area contributed by atoms with E-state index in [-0.39, 0.29) is 5.97 Å². The molecule has 4 heteroatoms. The van der Waals surface area contributed by atoms with Gasteiger partial charge >= 0.3 is 5.97 Å². The second-order valence-electron chi connectivity index (χ2n) is 5.11. The molecule has 0 aliphatic heterocycles. The van der Waals surface area contributed by atoms with Gasteiger partial charge in [0, 0.05) is 6.61 Å². The minimum atomic E-state index is -0.341. The molecule has 23 heavy (non-hydrogen) atoms. The number of ether oxygens (including phenoxy) is 3. The highest BCUT2D eigenvalue weighted by atomic mass is 16.5. The standard InChI is InChI=1S/C19H22O4/c1-21-19(20)17-9-11-18(12-10-17)23-14-6-5-13-22-15-16-7-3-2-4-8-16/h2-4,7-12H,5-6,13-15H2,1H3. The van der Waals surface area contributed by atoms with Crippen LogP contribution in [0, 0.1) is 0 Å². The Labute approximate surface area is 137 Å². The molecular weight excluding hydrogens is 292 g/mol. The fourth-order valence-electron chi connectivity index (χ4n) is 2.07. The summed E-state index contributed by atoms with van der Waals surface area (Å²) < 4.78 is 15.9. The second kappa shape index (κ2) is 9.64. The third kappa shape index (κ3) is 6.12. The van der Waals surface area contributed by atoms with Gasteiger partial charge in [-0.2, -0.15) is 0 Å². The van der Waals surface area contributed by atoms with Gasteiger partial charge in [-0.15, -0.1) is 0 Å². The Kier molecular flexibility index (Phi) is 7.14. The highest BCUT2D eigenvalue weighted by molar-refractivity contribution is 5.89. The number of hydrogen-bond donors (Lipinski definition) is 0. The summed E-state index contributed by atoms with van der Waals surface area (Å²) in [5, 5.41) is 0. The molecule has 0 bridgehead atoms. The smallest absolute Gasteiger partial charge is 0.337 e. The summed E-state index contributed by atoms with van der Waals surface area (Å²) in [5.41, 5.74) is 1.71. The van der Waals surface area contributed by atoms with Crippen molar-refractivity contribution in [2.45, 2.75) is 19.4 Å². The number of methoxy groups -OCH3 is 1. The Bertz CT molecular complexity index is 578. The van der Waals surface area contributed by atoms with E-state index >= 15 is 0 Å². The summed E-state index contributed by atoms with van der Waals surface area (Å²) in [4.78, 5) is 11.3. The van der Waals surface area contributed by atoms with E-state index in [4.69, 9.17) is 9.47 Å². The Morgan fingerprint density at radius 1 is 0.913 bits per heavy atom. The summed E-state index contributed by atoms with van der Waals surface area (Å²) in [5.74, 6) is 0.412. The number of carbonyl (C=O) groups is 1. The molecule has 2 aromatic rings. The predicted molar refractivity (Wildman–Crippen MR) is 88.6 cm³/mol. The molecular formula is C19H22O4. The van der Waals surface area contributed by atoms with Gasteiger partial charge in [-0.3, -0.25) is 0 Å². The van der Waals surface area contributed by atoms with Crippen LogP contribution in [0.4, 0.5) is 0 Å². The summed E-state index contributed by atoms with van der Waals surface area (Å²) in [6.07, 6.45) is 1.88. The van der Waals surface area contributed by atoms with Crippen LogP contribution >= 0.6 is 0 Å². The minimum Gasteiger partial charge on any atom is -0.494 e. The van der Waals surface area contributed by atoms with Crippen LogP contribution < -0.4 is 4.74 Å². The fourth-order valence-corrected chi connectivity index (χ4v) is 2.07. The van der Waals surface area contributed by atoms with Crippen molar-refractivity contribution in [2.24, 2.45) is 0 Å². The minimum absolute atomic E-state index is 0.341. The number of benzene rings is 2. The van der Waals surface area contributed by atoms with Crippen molar-refractivity contribution in [3.05, 3.63) is 65.7 Å². The first kappa shape index (κ1) is 17.0.